The average molecular weight is 422 g/mol. The summed E-state index contributed by atoms with van der Waals surface area (Å²) in [5.74, 6) is -0.108. The first-order chi connectivity index (χ1) is 15.1. The number of amides is 3. The Morgan fingerprint density at radius 3 is 2.74 bits per heavy atom. The zero-order valence-electron chi connectivity index (χ0n) is 17.9. The Morgan fingerprint density at radius 1 is 1.23 bits per heavy atom. The summed E-state index contributed by atoms with van der Waals surface area (Å²) in [5.41, 5.74) is 3.18. The van der Waals surface area contributed by atoms with Crippen molar-refractivity contribution in [2.75, 3.05) is 26.2 Å². The molecule has 2 aromatic heterocycles. The fourth-order valence-corrected chi connectivity index (χ4v) is 3.79. The Bertz CT molecular complexity index is 1060. The molecular weight excluding hydrogens is 394 g/mol. The van der Waals surface area contributed by atoms with Crippen LogP contribution in [0.1, 0.15) is 28.8 Å². The number of carbonyl (C=O) groups is 2. The number of carbonyl (C=O) groups excluding carboxylic acids is 2. The number of rotatable bonds is 8. The van der Waals surface area contributed by atoms with Crippen molar-refractivity contribution >= 4 is 11.9 Å². The molecule has 0 spiro atoms. The number of nitrogens with one attached hydrogen (secondary N) is 1. The van der Waals surface area contributed by atoms with E-state index in [0.29, 0.717) is 45.0 Å². The lowest BCUT2D eigenvalue weighted by molar-refractivity contribution is 0.0715. The lowest BCUT2D eigenvalue weighted by Gasteiger charge is -2.25. The summed E-state index contributed by atoms with van der Waals surface area (Å²) < 4.78 is 3.56. The third-order valence-corrected chi connectivity index (χ3v) is 5.37. The van der Waals surface area contributed by atoms with E-state index in [9.17, 15) is 9.59 Å². The van der Waals surface area contributed by atoms with Crippen molar-refractivity contribution in [3.63, 3.8) is 0 Å². The molecule has 1 aliphatic rings. The smallest absolute Gasteiger partial charge is 0.317 e. The molecule has 1 saturated heterocycles. The van der Waals surface area contributed by atoms with Crippen molar-refractivity contribution in [1.29, 1.82) is 0 Å². The number of urea groups is 1. The van der Waals surface area contributed by atoms with E-state index in [1.54, 1.807) is 20.7 Å². The minimum atomic E-state index is -0.108. The number of nitrogens with zero attached hydrogens (tertiary/aromatic N) is 6. The first-order valence-corrected chi connectivity index (χ1v) is 10.5. The Balaban J connectivity index is 1.60. The first kappa shape index (κ1) is 20.6. The fourth-order valence-electron chi connectivity index (χ4n) is 3.79. The molecule has 1 N–H and O–H groups in total. The minimum Gasteiger partial charge on any atom is -0.336 e. The molecule has 4 rings (SSSR count). The monoisotopic (exact) mass is 421 g/mol. The van der Waals surface area contributed by atoms with Crippen LogP contribution in [0.2, 0.25) is 0 Å². The molecule has 0 bridgehead atoms. The van der Waals surface area contributed by atoms with E-state index in [4.69, 9.17) is 0 Å². The minimum absolute atomic E-state index is 0.0869. The first-order valence-electron chi connectivity index (χ1n) is 10.5. The molecule has 31 heavy (non-hydrogen) atoms. The number of para-hydroxylation sites is 1. The Hall–Kier alpha value is -3.62. The van der Waals surface area contributed by atoms with Gasteiger partial charge in [0.15, 0.2) is 0 Å². The summed E-state index contributed by atoms with van der Waals surface area (Å²) in [6.45, 7) is 7.00. The summed E-state index contributed by atoms with van der Waals surface area (Å²) >= 11 is 0. The molecule has 0 saturated carbocycles. The van der Waals surface area contributed by atoms with Gasteiger partial charge in [0.1, 0.15) is 5.69 Å². The number of hydrogen-bond acceptors (Lipinski definition) is 4. The van der Waals surface area contributed by atoms with E-state index >= 15 is 0 Å². The molecule has 3 heterocycles. The van der Waals surface area contributed by atoms with Crippen molar-refractivity contribution < 1.29 is 9.59 Å². The van der Waals surface area contributed by atoms with Gasteiger partial charge >= 0.3 is 6.03 Å². The van der Waals surface area contributed by atoms with Crippen molar-refractivity contribution in [1.82, 2.24) is 34.7 Å². The van der Waals surface area contributed by atoms with Crippen LogP contribution in [-0.2, 0) is 13.1 Å². The van der Waals surface area contributed by atoms with E-state index in [-0.39, 0.29) is 11.9 Å². The normalized spacial score (nSPS) is 13.5. The van der Waals surface area contributed by atoms with E-state index in [2.05, 4.69) is 15.5 Å². The topological polar surface area (TPSA) is 88.3 Å². The van der Waals surface area contributed by atoms with Gasteiger partial charge in [-0.2, -0.15) is 10.2 Å². The largest absolute Gasteiger partial charge is 0.336 e. The van der Waals surface area contributed by atoms with Gasteiger partial charge in [-0.25, -0.2) is 9.48 Å². The Labute approximate surface area is 181 Å². The third-order valence-electron chi connectivity index (χ3n) is 5.37. The molecular formula is C22H27N7O2. The van der Waals surface area contributed by atoms with Gasteiger partial charge in [-0.1, -0.05) is 18.2 Å². The summed E-state index contributed by atoms with van der Waals surface area (Å²) in [4.78, 5) is 29.0. The number of benzene rings is 1. The van der Waals surface area contributed by atoms with Crippen LogP contribution in [0.25, 0.3) is 5.69 Å². The lowest BCUT2D eigenvalue weighted by atomic mass is 10.2. The van der Waals surface area contributed by atoms with Crippen LogP contribution in [0.5, 0.6) is 0 Å². The second kappa shape index (κ2) is 9.03. The van der Waals surface area contributed by atoms with E-state index < -0.39 is 0 Å². The summed E-state index contributed by atoms with van der Waals surface area (Å²) in [7, 11) is 0. The molecule has 1 fully saturated rings. The summed E-state index contributed by atoms with van der Waals surface area (Å²) in [5, 5.41) is 11.7. The second-order valence-electron chi connectivity index (χ2n) is 7.50. The molecule has 0 aliphatic carbocycles. The molecule has 9 nitrogen and oxygen atoms in total. The standard InChI is InChI=1S/C22H27N7O2/c1-3-28-20(15-17(2)25-28)21(30)27(14-13-26-12-11-23-22(26)31)16-19-9-10-24-29(19)18-7-5-4-6-8-18/h4-10,15H,3,11-14,16H2,1-2H3,(H,23,31). The fraction of sp³-hybridized carbons (Fsp3) is 0.364. The zero-order chi connectivity index (χ0) is 21.8. The quantitative estimate of drug-likeness (QED) is 0.603. The lowest BCUT2D eigenvalue weighted by Crippen LogP contribution is -2.40. The Kier molecular flexibility index (Phi) is 6.01. The van der Waals surface area contributed by atoms with Gasteiger partial charge in [0.2, 0.25) is 0 Å². The molecule has 1 aromatic carbocycles. The maximum Gasteiger partial charge on any atom is 0.317 e. The highest BCUT2D eigenvalue weighted by Gasteiger charge is 2.25. The third kappa shape index (κ3) is 4.45. The molecule has 162 valence electrons. The molecule has 3 aromatic rings. The van der Waals surface area contributed by atoms with Gasteiger partial charge in [-0.3, -0.25) is 9.48 Å². The molecule has 9 heteroatoms. The van der Waals surface area contributed by atoms with Gasteiger partial charge in [0.05, 0.1) is 23.6 Å². The van der Waals surface area contributed by atoms with Crippen LogP contribution >= 0.6 is 0 Å². The molecule has 1 aliphatic heterocycles. The SMILES string of the molecule is CCn1nc(C)cc1C(=O)N(CCN1CCNC1=O)Cc1ccnn1-c1ccccc1. The van der Waals surface area contributed by atoms with Crippen molar-refractivity contribution in [2.45, 2.75) is 26.9 Å². The highest BCUT2D eigenvalue weighted by molar-refractivity contribution is 5.92. The van der Waals surface area contributed by atoms with Gasteiger partial charge < -0.3 is 15.1 Å². The second-order valence-corrected chi connectivity index (χ2v) is 7.50. The average Bonchev–Trinajstić information content (AvgIpc) is 3.51. The zero-order valence-corrected chi connectivity index (χ0v) is 17.9. The van der Waals surface area contributed by atoms with Gasteiger partial charge in [0.25, 0.3) is 5.91 Å². The highest BCUT2D eigenvalue weighted by Crippen LogP contribution is 2.15. The van der Waals surface area contributed by atoms with Gasteiger partial charge in [-0.05, 0) is 38.1 Å². The van der Waals surface area contributed by atoms with Crippen LogP contribution in [0, 0.1) is 6.92 Å². The predicted octanol–water partition coefficient (Wildman–Crippen LogP) is 2.06. The van der Waals surface area contributed by atoms with E-state index in [1.807, 2.05) is 61.0 Å². The number of aromatic nitrogens is 4. The maximum atomic E-state index is 13.5. The molecule has 0 radical (unpaired) electrons. The van der Waals surface area contributed by atoms with Crippen molar-refractivity contribution in [2.24, 2.45) is 0 Å². The van der Waals surface area contributed by atoms with Crippen LogP contribution in [0.3, 0.4) is 0 Å². The highest BCUT2D eigenvalue weighted by atomic mass is 16.2. The molecule has 0 unspecified atom stereocenters. The molecule has 3 amide bonds. The van der Waals surface area contributed by atoms with Crippen LogP contribution in [0.15, 0.2) is 48.7 Å². The van der Waals surface area contributed by atoms with Gasteiger partial charge in [0, 0.05) is 38.9 Å². The predicted molar refractivity (Wildman–Crippen MR) is 116 cm³/mol. The van der Waals surface area contributed by atoms with Gasteiger partial charge in [-0.15, -0.1) is 0 Å². The van der Waals surface area contributed by atoms with E-state index in [1.165, 1.54) is 0 Å². The number of hydrogen-bond donors (Lipinski definition) is 1. The van der Waals surface area contributed by atoms with Crippen molar-refractivity contribution in [3.8, 4) is 5.69 Å². The van der Waals surface area contributed by atoms with Crippen LogP contribution < -0.4 is 5.32 Å². The summed E-state index contributed by atoms with van der Waals surface area (Å²) in [6, 6.07) is 13.5. The molecule has 0 atom stereocenters. The number of aryl methyl sites for hydroxylation is 2. The Morgan fingerprint density at radius 2 is 2.03 bits per heavy atom. The maximum absolute atomic E-state index is 13.5. The van der Waals surface area contributed by atoms with E-state index in [0.717, 1.165) is 17.1 Å². The summed E-state index contributed by atoms with van der Waals surface area (Å²) in [6.07, 6.45) is 1.74. The van der Waals surface area contributed by atoms with Crippen LogP contribution in [0.4, 0.5) is 4.79 Å². The van der Waals surface area contributed by atoms with Crippen molar-refractivity contribution in [3.05, 3.63) is 65.7 Å². The van der Waals surface area contributed by atoms with Crippen LogP contribution in [-0.4, -0.2) is 67.5 Å².